The Labute approximate surface area is 90.0 Å². The van der Waals surface area contributed by atoms with E-state index in [-0.39, 0.29) is 5.75 Å². The Morgan fingerprint density at radius 3 is 3.07 bits per heavy atom. The lowest BCUT2D eigenvalue weighted by Crippen LogP contribution is -2.37. The van der Waals surface area contributed by atoms with Gasteiger partial charge in [0.2, 0.25) is 10.0 Å². The van der Waals surface area contributed by atoms with Crippen molar-refractivity contribution >= 4 is 10.0 Å². The molecule has 0 unspecified atom stereocenters. The van der Waals surface area contributed by atoms with Gasteiger partial charge in [0.1, 0.15) is 0 Å². The molecule has 0 atom stereocenters. The predicted molar refractivity (Wildman–Crippen MR) is 57.8 cm³/mol. The van der Waals surface area contributed by atoms with Gasteiger partial charge in [0.15, 0.2) is 0 Å². The zero-order valence-corrected chi connectivity index (χ0v) is 9.50. The molecule has 0 bridgehead atoms. The highest BCUT2D eigenvalue weighted by Crippen LogP contribution is 2.18. The number of rotatable bonds is 2. The van der Waals surface area contributed by atoms with Crippen molar-refractivity contribution < 1.29 is 8.42 Å². The number of sulfonamides is 1. The van der Waals surface area contributed by atoms with Gasteiger partial charge in [0, 0.05) is 31.4 Å². The Bertz CT molecular complexity index is 456. The Morgan fingerprint density at radius 2 is 2.33 bits per heavy atom. The van der Waals surface area contributed by atoms with E-state index in [4.69, 9.17) is 0 Å². The molecule has 0 fully saturated rings. The summed E-state index contributed by atoms with van der Waals surface area (Å²) >= 11 is 0. The quantitative estimate of drug-likeness (QED) is 0.749. The second-order valence-electron chi connectivity index (χ2n) is 3.59. The smallest absolute Gasteiger partial charge is 0.214 e. The third-order valence-electron chi connectivity index (χ3n) is 2.69. The second kappa shape index (κ2) is 3.90. The van der Waals surface area contributed by atoms with Crippen molar-refractivity contribution in [3.63, 3.8) is 0 Å². The maximum absolute atomic E-state index is 11.7. The van der Waals surface area contributed by atoms with E-state index in [9.17, 15) is 8.42 Å². The van der Waals surface area contributed by atoms with E-state index in [2.05, 4.69) is 4.98 Å². The van der Waals surface area contributed by atoms with E-state index in [0.717, 1.165) is 17.7 Å². The van der Waals surface area contributed by atoms with Crippen LogP contribution in [0.25, 0.3) is 0 Å². The van der Waals surface area contributed by atoms with Crippen molar-refractivity contribution in [3.05, 3.63) is 29.6 Å². The van der Waals surface area contributed by atoms with Crippen LogP contribution in [0.5, 0.6) is 0 Å². The molecular formula is C10H14N2O2S. The van der Waals surface area contributed by atoms with Gasteiger partial charge in [-0.25, -0.2) is 8.42 Å². The molecule has 0 spiro atoms. The van der Waals surface area contributed by atoms with E-state index in [0.29, 0.717) is 13.1 Å². The molecule has 2 rings (SSSR count). The number of nitrogens with zero attached hydrogens (tertiary/aromatic N) is 2. The van der Waals surface area contributed by atoms with Crippen molar-refractivity contribution in [1.82, 2.24) is 9.29 Å². The van der Waals surface area contributed by atoms with Gasteiger partial charge in [-0.05, 0) is 18.6 Å². The fourth-order valence-electron chi connectivity index (χ4n) is 1.76. The molecule has 4 nitrogen and oxygen atoms in total. The molecule has 1 aromatic rings. The van der Waals surface area contributed by atoms with E-state index >= 15 is 0 Å². The molecule has 0 saturated carbocycles. The van der Waals surface area contributed by atoms with E-state index in [1.165, 1.54) is 4.31 Å². The summed E-state index contributed by atoms with van der Waals surface area (Å²) in [7, 11) is -3.06. The summed E-state index contributed by atoms with van der Waals surface area (Å²) in [5.74, 6) is 0.169. The third kappa shape index (κ3) is 2.03. The lowest BCUT2D eigenvalue weighted by atomic mass is 10.1. The Hall–Kier alpha value is -0.940. The van der Waals surface area contributed by atoms with Crippen LogP contribution in [0.4, 0.5) is 0 Å². The van der Waals surface area contributed by atoms with Crippen LogP contribution >= 0.6 is 0 Å². The topological polar surface area (TPSA) is 50.3 Å². The first-order chi connectivity index (χ1) is 7.13. The van der Waals surface area contributed by atoms with E-state index in [1.54, 1.807) is 13.1 Å². The van der Waals surface area contributed by atoms with Gasteiger partial charge in [-0.2, -0.15) is 4.31 Å². The lowest BCUT2D eigenvalue weighted by molar-refractivity contribution is 0.388. The van der Waals surface area contributed by atoms with Crippen molar-refractivity contribution in [1.29, 1.82) is 0 Å². The zero-order chi connectivity index (χ0) is 10.9. The number of aromatic nitrogens is 1. The minimum Gasteiger partial charge on any atom is -0.261 e. The molecule has 0 amide bonds. The highest BCUT2D eigenvalue weighted by Gasteiger charge is 2.25. The Morgan fingerprint density at radius 1 is 1.53 bits per heavy atom. The fourth-order valence-corrected chi connectivity index (χ4v) is 2.83. The monoisotopic (exact) mass is 226 g/mol. The zero-order valence-electron chi connectivity index (χ0n) is 8.68. The first-order valence-corrected chi connectivity index (χ1v) is 6.65. The van der Waals surface area contributed by atoms with Gasteiger partial charge in [-0.1, -0.05) is 6.07 Å². The number of fused-ring (bicyclic) bond motifs is 1. The molecule has 5 heteroatoms. The second-order valence-corrected chi connectivity index (χ2v) is 5.85. The molecule has 2 heterocycles. The molecule has 0 aliphatic carbocycles. The average molecular weight is 226 g/mol. The van der Waals surface area contributed by atoms with E-state index in [1.807, 2.05) is 12.1 Å². The van der Waals surface area contributed by atoms with Crippen LogP contribution in [-0.2, 0) is 23.0 Å². The summed E-state index contributed by atoms with van der Waals surface area (Å²) in [6.45, 7) is 2.70. The predicted octanol–water partition coefficient (Wildman–Crippen LogP) is 0.789. The largest absolute Gasteiger partial charge is 0.261 e. The van der Waals surface area contributed by atoms with Crippen LogP contribution in [0.15, 0.2) is 18.3 Å². The highest BCUT2D eigenvalue weighted by atomic mass is 32.2. The van der Waals surface area contributed by atoms with Gasteiger partial charge < -0.3 is 0 Å². The average Bonchev–Trinajstić information content (AvgIpc) is 2.28. The Kier molecular flexibility index (Phi) is 2.75. The molecule has 1 aliphatic rings. The molecule has 0 aromatic carbocycles. The fraction of sp³-hybridized carbons (Fsp3) is 0.500. The molecule has 0 saturated heterocycles. The first-order valence-electron chi connectivity index (χ1n) is 5.04. The molecule has 82 valence electrons. The van der Waals surface area contributed by atoms with Crippen LogP contribution in [0.2, 0.25) is 0 Å². The third-order valence-corrected chi connectivity index (χ3v) is 4.52. The summed E-state index contributed by atoms with van der Waals surface area (Å²) in [5.41, 5.74) is 2.06. The van der Waals surface area contributed by atoms with Gasteiger partial charge in [-0.3, -0.25) is 4.98 Å². The van der Waals surface area contributed by atoms with Crippen LogP contribution in [-0.4, -0.2) is 30.0 Å². The minimum atomic E-state index is -3.06. The van der Waals surface area contributed by atoms with Gasteiger partial charge in [0.25, 0.3) is 0 Å². The van der Waals surface area contributed by atoms with Crippen molar-refractivity contribution in [2.24, 2.45) is 0 Å². The van der Waals surface area contributed by atoms with Crippen molar-refractivity contribution in [2.75, 3.05) is 12.3 Å². The molecule has 0 N–H and O–H groups in total. The number of hydrogen-bond donors (Lipinski definition) is 0. The molecular weight excluding hydrogens is 212 g/mol. The summed E-state index contributed by atoms with van der Waals surface area (Å²) in [6.07, 6.45) is 2.47. The van der Waals surface area contributed by atoms with Crippen LogP contribution in [0.1, 0.15) is 18.2 Å². The minimum absolute atomic E-state index is 0.169. The number of pyridine rings is 1. The van der Waals surface area contributed by atoms with Crippen molar-refractivity contribution in [3.8, 4) is 0 Å². The number of hydrogen-bond acceptors (Lipinski definition) is 3. The summed E-state index contributed by atoms with van der Waals surface area (Å²) in [4.78, 5) is 4.24. The molecule has 15 heavy (non-hydrogen) atoms. The highest BCUT2D eigenvalue weighted by molar-refractivity contribution is 7.89. The van der Waals surface area contributed by atoms with Crippen LogP contribution in [0.3, 0.4) is 0 Å². The SMILES string of the molecule is CCS(=O)(=O)N1CCc2ncccc2C1. The van der Waals surface area contributed by atoms with Crippen LogP contribution in [0, 0.1) is 0 Å². The standard InChI is InChI=1S/C10H14N2O2S/c1-2-15(13,14)12-7-5-10-9(8-12)4-3-6-11-10/h3-4,6H,2,5,7-8H2,1H3. The summed E-state index contributed by atoms with van der Waals surface area (Å²) in [6, 6.07) is 3.79. The molecule has 1 aliphatic heterocycles. The maximum atomic E-state index is 11.7. The van der Waals surface area contributed by atoms with Crippen molar-refractivity contribution in [2.45, 2.75) is 19.9 Å². The normalized spacial score (nSPS) is 17.4. The van der Waals surface area contributed by atoms with Gasteiger partial charge >= 0.3 is 0 Å². The molecule has 0 radical (unpaired) electrons. The van der Waals surface area contributed by atoms with E-state index < -0.39 is 10.0 Å². The first kappa shape index (κ1) is 10.6. The lowest BCUT2D eigenvalue weighted by Gasteiger charge is -2.26. The van der Waals surface area contributed by atoms with Gasteiger partial charge in [-0.15, -0.1) is 0 Å². The molecule has 1 aromatic heterocycles. The van der Waals surface area contributed by atoms with Crippen LogP contribution < -0.4 is 0 Å². The Balaban J connectivity index is 2.27. The van der Waals surface area contributed by atoms with Gasteiger partial charge in [0.05, 0.1) is 5.75 Å². The maximum Gasteiger partial charge on any atom is 0.214 e. The summed E-state index contributed by atoms with van der Waals surface area (Å²) < 4.78 is 24.9. The summed E-state index contributed by atoms with van der Waals surface area (Å²) in [5, 5.41) is 0.